The van der Waals surface area contributed by atoms with Crippen molar-refractivity contribution in [2.24, 2.45) is 0 Å². The lowest BCUT2D eigenvalue weighted by atomic mass is 10.1. The summed E-state index contributed by atoms with van der Waals surface area (Å²) in [6.45, 7) is 4.37. The summed E-state index contributed by atoms with van der Waals surface area (Å²) in [5, 5.41) is -2.74. The molecule has 140 valence electrons. The second kappa shape index (κ2) is 6.29. The fraction of sp³-hybridized carbons (Fsp3) is 0.692. The molecular formula is C13H17ClFN2O7P. The van der Waals surface area contributed by atoms with Gasteiger partial charge in [0.1, 0.15) is 6.10 Å². The Morgan fingerprint density at radius 3 is 2.84 bits per heavy atom. The van der Waals surface area contributed by atoms with Crippen LogP contribution in [0.15, 0.2) is 15.8 Å². The molecule has 5 atom stereocenters. The van der Waals surface area contributed by atoms with E-state index in [1.807, 2.05) is 4.98 Å². The summed E-state index contributed by atoms with van der Waals surface area (Å²) in [6, 6.07) is 0. The molecule has 2 fully saturated rings. The summed E-state index contributed by atoms with van der Waals surface area (Å²) >= 11 is 5.97. The maximum Gasteiger partial charge on any atom is 0.475 e. The van der Waals surface area contributed by atoms with Gasteiger partial charge in [-0.1, -0.05) is 11.6 Å². The maximum atomic E-state index is 15.2. The number of nitrogens with zero attached hydrogens (tertiary/aromatic N) is 1. The van der Waals surface area contributed by atoms with E-state index in [-0.39, 0.29) is 12.2 Å². The summed E-state index contributed by atoms with van der Waals surface area (Å²) in [6.07, 6.45) is -3.47. The van der Waals surface area contributed by atoms with Crippen molar-refractivity contribution in [3.63, 3.8) is 0 Å². The molecule has 0 amide bonds. The maximum absolute atomic E-state index is 15.2. The van der Waals surface area contributed by atoms with E-state index in [1.54, 1.807) is 13.8 Å². The summed E-state index contributed by atoms with van der Waals surface area (Å²) in [5.41, 5.74) is -1.34. The number of H-pyrrole nitrogens is 1. The lowest BCUT2D eigenvalue weighted by Crippen LogP contribution is -2.45. The Balaban J connectivity index is 1.94. The number of aromatic amines is 1. The highest BCUT2D eigenvalue weighted by Crippen LogP contribution is 2.60. The van der Waals surface area contributed by atoms with E-state index in [0.717, 1.165) is 10.8 Å². The second-order valence-electron chi connectivity index (χ2n) is 6.10. The van der Waals surface area contributed by atoms with Gasteiger partial charge in [-0.3, -0.25) is 27.9 Å². The molecule has 12 heteroatoms. The Morgan fingerprint density at radius 2 is 2.20 bits per heavy atom. The fourth-order valence-electron chi connectivity index (χ4n) is 2.64. The molecule has 2 saturated heterocycles. The van der Waals surface area contributed by atoms with E-state index < -0.39 is 48.7 Å². The minimum absolute atomic E-state index is 0.163. The Kier molecular flexibility index (Phi) is 4.72. The van der Waals surface area contributed by atoms with E-state index in [1.165, 1.54) is 6.92 Å². The molecule has 0 saturated carbocycles. The molecule has 0 unspecified atom stereocenters. The van der Waals surface area contributed by atoms with Crippen molar-refractivity contribution in [2.75, 3.05) is 6.61 Å². The monoisotopic (exact) mass is 398 g/mol. The highest BCUT2D eigenvalue weighted by atomic mass is 35.5. The van der Waals surface area contributed by atoms with Gasteiger partial charge in [-0.15, -0.1) is 0 Å². The predicted octanol–water partition coefficient (Wildman–Crippen LogP) is 1.60. The molecule has 1 aromatic rings. The SMILES string of the molecule is Cc1cn([C@@H]2O[C@@H]3CO[P@@](=O)(OC(C)C)O[C@H]3[C@]2(F)Cl)c(=O)[nH]c1=O. The van der Waals surface area contributed by atoms with Crippen LogP contribution in [0.4, 0.5) is 4.39 Å². The second-order valence-corrected chi connectivity index (χ2v) is 8.26. The van der Waals surface area contributed by atoms with Crippen molar-refractivity contribution < 1.29 is 27.3 Å². The summed E-state index contributed by atoms with van der Waals surface area (Å²) < 4.78 is 49.2. The zero-order valence-electron chi connectivity index (χ0n) is 13.6. The van der Waals surface area contributed by atoms with Crippen LogP contribution in [0.5, 0.6) is 0 Å². The molecule has 3 rings (SSSR count). The van der Waals surface area contributed by atoms with Gasteiger partial charge in [-0.2, -0.15) is 0 Å². The highest BCUT2D eigenvalue weighted by Gasteiger charge is 2.63. The van der Waals surface area contributed by atoms with Gasteiger partial charge in [-0.25, -0.2) is 13.8 Å². The van der Waals surface area contributed by atoms with Crippen LogP contribution >= 0.6 is 19.4 Å². The third kappa shape index (κ3) is 3.34. The third-order valence-electron chi connectivity index (χ3n) is 3.73. The van der Waals surface area contributed by atoms with Gasteiger partial charge >= 0.3 is 13.5 Å². The molecule has 0 radical (unpaired) electrons. The predicted molar refractivity (Wildman–Crippen MR) is 84.3 cm³/mol. The van der Waals surface area contributed by atoms with Gasteiger partial charge in [0.15, 0.2) is 12.3 Å². The van der Waals surface area contributed by atoms with Crippen molar-refractivity contribution in [2.45, 2.75) is 50.4 Å². The van der Waals surface area contributed by atoms with Gasteiger partial charge in [0.05, 0.1) is 12.7 Å². The number of phosphoric acid groups is 1. The number of phosphoric ester groups is 1. The number of ether oxygens (including phenoxy) is 1. The molecule has 0 bridgehead atoms. The first kappa shape index (κ1) is 18.8. The topological polar surface area (TPSA) is 109 Å². The van der Waals surface area contributed by atoms with Crippen molar-refractivity contribution in [3.05, 3.63) is 32.6 Å². The Bertz CT molecular complexity index is 838. The normalized spacial score (nSPS) is 38.1. The van der Waals surface area contributed by atoms with Crippen LogP contribution in [0.3, 0.4) is 0 Å². The van der Waals surface area contributed by atoms with Crippen molar-refractivity contribution >= 4 is 19.4 Å². The molecule has 2 aliphatic heterocycles. The quantitative estimate of drug-likeness (QED) is 0.608. The first-order valence-corrected chi connectivity index (χ1v) is 9.34. The number of nitrogens with one attached hydrogen (secondary N) is 1. The van der Waals surface area contributed by atoms with Crippen molar-refractivity contribution in [3.8, 4) is 0 Å². The first-order valence-electron chi connectivity index (χ1n) is 7.50. The van der Waals surface area contributed by atoms with Crippen LogP contribution < -0.4 is 11.2 Å². The standard InChI is InChI=1S/C13H17ClFN2O7P/c1-6(2)23-25(20)21-5-8-9(24-25)13(14,15)11(22-8)17-4-7(3)10(18)16-12(17)19/h4,6,8-9,11H,5H2,1-3H3,(H,16,18,19)/t8-,9-,11-,13-,25+/m1/s1. The summed E-state index contributed by atoms with van der Waals surface area (Å²) in [4.78, 5) is 25.5. The zero-order chi connectivity index (χ0) is 18.6. The van der Waals surface area contributed by atoms with Gasteiger partial charge in [-0.05, 0) is 20.8 Å². The van der Waals surface area contributed by atoms with Crippen LogP contribution in [-0.4, -0.2) is 39.6 Å². The summed E-state index contributed by atoms with van der Waals surface area (Å²) in [5.74, 6) is 0. The minimum atomic E-state index is -4.02. The molecular weight excluding hydrogens is 382 g/mol. The molecule has 9 nitrogen and oxygen atoms in total. The van der Waals surface area contributed by atoms with Crippen molar-refractivity contribution in [1.82, 2.24) is 9.55 Å². The van der Waals surface area contributed by atoms with Crippen LogP contribution in [0, 0.1) is 6.92 Å². The fourth-order valence-corrected chi connectivity index (χ4v) is 4.63. The van der Waals surface area contributed by atoms with Crippen LogP contribution in [-0.2, 0) is 22.9 Å². The first-order chi connectivity index (χ1) is 11.5. The number of alkyl halides is 2. The van der Waals surface area contributed by atoms with Crippen LogP contribution in [0.25, 0.3) is 0 Å². The van der Waals surface area contributed by atoms with Gasteiger partial charge in [0.2, 0.25) is 0 Å². The third-order valence-corrected chi connectivity index (χ3v) is 5.76. The van der Waals surface area contributed by atoms with E-state index in [4.69, 9.17) is 29.9 Å². The van der Waals surface area contributed by atoms with Gasteiger partial charge < -0.3 is 4.74 Å². The Morgan fingerprint density at radius 1 is 1.52 bits per heavy atom. The van der Waals surface area contributed by atoms with E-state index in [9.17, 15) is 14.2 Å². The lowest BCUT2D eigenvalue weighted by molar-refractivity contribution is -0.0749. The highest BCUT2D eigenvalue weighted by molar-refractivity contribution is 7.48. The van der Waals surface area contributed by atoms with Gasteiger partial charge in [0, 0.05) is 11.8 Å². The zero-order valence-corrected chi connectivity index (χ0v) is 15.3. The molecule has 25 heavy (non-hydrogen) atoms. The number of aryl methyl sites for hydroxylation is 1. The molecule has 3 heterocycles. The molecule has 0 aromatic carbocycles. The molecule has 2 aliphatic rings. The average Bonchev–Trinajstić information content (AvgIpc) is 2.73. The Labute approximate surface area is 146 Å². The van der Waals surface area contributed by atoms with Crippen LogP contribution in [0.2, 0.25) is 0 Å². The number of hydrogen-bond acceptors (Lipinski definition) is 7. The number of aromatic nitrogens is 2. The lowest BCUT2D eigenvalue weighted by Gasteiger charge is -2.33. The summed E-state index contributed by atoms with van der Waals surface area (Å²) in [7, 11) is -4.02. The van der Waals surface area contributed by atoms with E-state index >= 15 is 4.39 Å². The van der Waals surface area contributed by atoms with E-state index in [2.05, 4.69) is 0 Å². The number of fused-ring (bicyclic) bond motifs is 1. The van der Waals surface area contributed by atoms with Gasteiger partial charge in [0.25, 0.3) is 10.7 Å². The molecule has 0 spiro atoms. The van der Waals surface area contributed by atoms with Crippen molar-refractivity contribution in [1.29, 1.82) is 0 Å². The molecule has 0 aliphatic carbocycles. The molecule has 1 aromatic heterocycles. The average molecular weight is 399 g/mol. The minimum Gasteiger partial charge on any atom is -0.344 e. The number of hydrogen-bond donors (Lipinski definition) is 1. The Hall–Kier alpha value is -1.03. The van der Waals surface area contributed by atoms with Crippen LogP contribution in [0.1, 0.15) is 25.6 Å². The van der Waals surface area contributed by atoms with E-state index in [0.29, 0.717) is 0 Å². The number of rotatable bonds is 3. The largest absolute Gasteiger partial charge is 0.475 e. The number of halogens is 2. The smallest absolute Gasteiger partial charge is 0.344 e. The molecule has 1 N–H and O–H groups in total.